The van der Waals surface area contributed by atoms with Crippen molar-refractivity contribution in [2.75, 3.05) is 38.2 Å². The number of hydrogen-bond donors (Lipinski definition) is 2. The van der Waals surface area contributed by atoms with Gasteiger partial charge >= 0.3 is 5.97 Å². The highest BCUT2D eigenvalue weighted by Gasteiger charge is 2.18. The van der Waals surface area contributed by atoms with Gasteiger partial charge in [-0.1, -0.05) is 36.4 Å². The summed E-state index contributed by atoms with van der Waals surface area (Å²) >= 11 is 5.18. The molecule has 0 saturated carbocycles. The number of nitrogens with zero attached hydrogens (tertiary/aromatic N) is 1. The van der Waals surface area contributed by atoms with Crippen molar-refractivity contribution in [3.63, 3.8) is 0 Å². The Morgan fingerprint density at radius 1 is 1.00 bits per heavy atom. The van der Waals surface area contributed by atoms with Gasteiger partial charge in [-0.25, -0.2) is 0 Å². The van der Waals surface area contributed by atoms with Crippen LogP contribution in [0.5, 0.6) is 0 Å². The first kappa shape index (κ1) is 24.3. The lowest BCUT2D eigenvalue weighted by molar-refractivity contribution is -0.144. The quantitative estimate of drug-likeness (QED) is 0.453. The first-order valence-electron chi connectivity index (χ1n) is 10.8. The van der Waals surface area contributed by atoms with E-state index in [1.165, 1.54) is 0 Å². The molecule has 0 aromatic heterocycles. The Morgan fingerprint density at radius 3 is 2.52 bits per heavy atom. The molecule has 9 heteroatoms. The van der Waals surface area contributed by atoms with E-state index < -0.39 is 11.9 Å². The first-order valence-corrected chi connectivity index (χ1v) is 11.2. The van der Waals surface area contributed by atoms with Crippen molar-refractivity contribution < 1.29 is 23.9 Å². The van der Waals surface area contributed by atoms with E-state index in [9.17, 15) is 14.4 Å². The highest BCUT2D eigenvalue weighted by atomic mass is 32.1. The molecule has 2 amide bonds. The summed E-state index contributed by atoms with van der Waals surface area (Å²) in [5.74, 6) is -0.912. The van der Waals surface area contributed by atoms with Gasteiger partial charge in [0.25, 0.3) is 5.91 Å². The fourth-order valence-electron chi connectivity index (χ4n) is 3.25. The minimum atomic E-state index is -0.436. The van der Waals surface area contributed by atoms with E-state index in [-0.39, 0.29) is 30.5 Å². The van der Waals surface area contributed by atoms with Crippen LogP contribution >= 0.6 is 12.2 Å². The number of hydrogen-bond acceptors (Lipinski definition) is 6. The summed E-state index contributed by atoms with van der Waals surface area (Å²) in [5, 5.41) is 5.53. The number of carbonyl (C=O) groups is 3. The lowest BCUT2D eigenvalue weighted by atomic mass is 10.1. The topological polar surface area (TPSA) is 97.0 Å². The zero-order valence-corrected chi connectivity index (χ0v) is 19.1. The Bertz CT molecular complexity index is 977. The molecular formula is C24H27N3O5S. The maximum Gasteiger partial charge on any atom is 0.306 e. The maximum atomic E-state index is 12.6. The van der Waals surface area contributed by atoms with Gasteiger partial charge in [-0.2, -0.15) is 0 Å². The molecule has 0 bridgehead atoms. The van der Waals surface area contributed by atoms with Crippen molar-refractivity contribution in [1.29, 1.82) is 0 Å². The fraction of sp³-hybridized carbons (Fsp3) is 0.333. The number of thiocarbonyl (C=S) groups is 1. The molecule has 2 N–H and O–H groups in total. The minimum absolute atomic E-state index is 0.0349. The third-order valence-electron chi connectivity index (χ3n) is 4.97. The van der Waals surface area contributed by atoms with Crippen LogP contribution in [-0.2, 0) is 25.5 Å². The van der Waals surface area contributed by atoms with Gasteiger partial charge in [-0.15, -0.1) is 0 Å². The standard InChI is InChI=1S/C24H27N3O5S/c28-21(9-10-22(29)32-14-11-18-5-2-1-3-6-18)26-24(33)25-20-8-4-7-19(17-20)23(30)27-12-15-31-16-13-27/h1-8,17H,9-16H2,(H2,25,26,28,33). The van der Waals surface area contributed by atoms with Crippen LogP contribution in [0.2, 0.25) is 0 Å². The molecule has 1 aliphatic rings. The molecule has 1 fully saturated rings. The number of nitrogens with one attached hydrogen (secondary N) is 2. The average Bonchev–Trinajstić information content (AvgIpc) is 2.83. The largest absolute Gasteiger partial charge is 0.465 e. The molecule has 0 unspecified atom stereocenters. The lowest BCUT2D eigenvalue weighted by Gasteiger charge is -2.27. The molecule has 0 aliphatic carbocycles. The Labute approximate surface area is 198 Å². The number of carbonyl (C=O) groups excluding carboxylic acids is 3. The van der Waals surface area contributed by atoms with Crippen LogP contribution in [0.15, 0.2) is 54.6 Å². The van der Waals surface area contributed by atoms with Gasteiger partial charge in [-0.3, -0.25) is 14.4 Å². The summed E-state index contributed by atoms with van der Waals surface area (Å²) in [7, 11) is 0. The van der Waals surface area contributed by atoms with E-state index in [1.807, 2.05) is 30.3 Å². The van der Waals surface area contributed by atoms with E-state index in [0.717, 1.165) is 5.56 Å². The second-order valence-electron chi connectivity index (χ2n) is 7.44. The zero-order valence-electron chi connectivity index (χ0n) is 18.2. The molecule has 33 heavy (non-hydrogen) atoms. The second-order valence-corrected chi connectivity index (χ2v) is 7.85. The maximum absolute atomic E-state index is 12.6. The Morgan fingerprint density at radius 2 is 1.76 bits per heavy atom. The van der Waals surface area contributed by atoms with Crippen LogP contribution in [0.25, 0.3) is 0 Å². The predicted octanol–water partition coefficient (Wildman–Crippen LogP) is 2.54. The van der Waals surface area contributed by atoms with Gasteiger partial charge in [0.2, 0.25) is 5.91 Å². The number of rotatable bonds is 8. The Hall–Kier alpha value is -3.30. The summed E-state index contributed by atoms with van der Waals surface area (Å²) in [6, 6.07) is 16.6. The third-order valence-corrected chi connectivity index (χ3v) is 5.18. The van der Waals surface area contributed by atoms with Gasteiger partial charge < -0.3 is 25.0 Å². The molecule has 174 valence electrons. The van der Waals surface area contributed by atoms with Gasteiger partial charge in [0.05, 0.1) is 26.2 Å². The van der Waals surface area contributed by atoms with Crippen LogP contribution in [0.3, 0.4) is 0 Å². The normalized spacial score (nSPS) is 13.2. The molecule has 1 saturated heterocycles. The van der Waals surface area contributed by atoms with Gasteiger partial charge in [0, 0.05) is 37.2 Å². The molecule has 2 aromatic carbocycles. The fourth-order valence-corrected chi connectivity index (χ4v) is 3.48. The predicted molar refractivity (Wildman–Crippen MR) is 128 cm³/mol. The highest BCUT2D eigenvalue weighted by molar-refractivity contribution is 7.80. The number of esters is 1. The molecule has 1 heterocycles. The van der Waals surface area contributed by atoms with E-state index in [0.29, 0.717) is 44.0 Å². The Balaban J connectivity index is 1.38. The molecule has 8 nitrogen and oxygen atoms in total. The number of morpholine rings is 1. The van der Waals surface area contributed by atoms with E-state index in [1.54, 1.807) is 29.2 Å². The van der Waals surface area contributed by atoms with Crippen molar-refractivity contribution in [3.8, 4) is 0 Å². The second kappa shape index (κ2) is 12.7. The highest BCUT2D eigenvalue weighted by Crippen LogP contribution is 2.14. The molecular weight excluding hydrogens is 442 g/mol. The zero-order chi connectivity index (χ0) is 23.5. The number of ether oxygens (including phenoxy) is 2. The summed E-state index contributed by atoms with van der Waals surface area (Å²) in [6.45, 7) is 2.43. The van der Waals surface area contributed by atoms with Crippen molar-refractivity contribution in [3.05, 3.63) is 65.7 Å². The van der Waals surface area contributed by atoms with Crippen LogP contribution in [0.4, 0.5) is 5.69 Å². The van der Waals surface area contributed by atoms with Crippen molar-refractivity contribution in [2.45, 2.75) is 19.3 Å². The van der Waals surface area contributed by atoms with Crippen LogP contribution in [0.1, 0.15) is 28.8 Å². The molecule has 0 spiro atoms. The first-order chi connectivity index (χ1) is 16.0. The van der Waals surface area contributed by atoms with Crippen LogP contribution in [-0.4, -0.2) is 60.7 Å². The van der Waals surface area contributed by atoms with Crippen molar-refractivity contribution in [1.82, 2.24) is 10.2 Å². The van der Waals surface area contributed by atoms with Gasteiger partial charge in [0.1, 0.15) is 0 Å². The smallest absolute Gasteiger partial charge is 0.306 e. The van der Waals surface area contributed by atoms with Gasteiger partial charge in [0.15, 0.2) is 5.11 Å². The molecule has 0 radical (unpaired) electrons. The average molecular weight is 470 g/mol. The van der Waals surface area contributed by atoms with Crippen LogP contribution in [0, 0.1) is 0 Å². The number of amides is 2. The monoisotopic (exact) mass is 469 g/mol. The summed E-state index contributed by atoms with van der Waals surface area (Å²) in [6.07, 6.45) is 0.550. The molecule has 0 atom stereocenters. The van der Waals surface area contributed by atoms with E-state index in [4.69, 9.17) is 21.7 Å². The number of benzene rings is 2. The molecule has 1 aliphatic heterocycles. The number of anilines is 1. The SMILES string of the molecule is O=C(CCC(=O)OCCc1ccccc1)NC(=S)Nc1cccc(C(=O)N2CCOCC2)c1. The van der Waals surface area contributed by atoms with Crippen molar-refractivity contribution in [2.24, 2.45) is 0 Å². The van der Waals surface area contributed by atoms with Crippen LogP contribution < -0.4 is 10.6 Å². The molecule has 2 aromatic rings. The van der Waals surface area contributed by atoms with E-state index in [2.05, 4.69) is 10.6 Å². The van der Waals surface area contributed by atoms with E-state index >= 15 is 0 Å². The summed E-state index contributed by atoms with van der Waals surface area (Å²) in [5.41, 5.74) is 2.18. The lowest BCUT2D eigenvalue weighted by Crippen LogP contribution is -2.40. The molecule has 3 rings (SSSR count). The minimum Gasteiger partial charge on any atom is -0.465 e. The Kier molecular flexibility index (Phi) is 9.34. The van der Waals surface area contributed by atoms with Gasteiger partial charge in [-0.05, 0) is 36.0 Å². The van der Waals surface area contributed by atoms with Crippen molar-refractivity contribution >= 4 is 40.8 Å². The summed E-state index contributed by atoms with van der Waals surface area (Å²) in [4.78, 5) is 38.3. The summed E-state index contributed by atoms with van der Waals surface area (Å²) < 4.78 is 10.5. The third kappa shape index (κ3) is 8.28.